The van der Waals surface area contributed by atoms with Gasteiger partial charge in [0.25, 0.3) is 0 Å². The number of nitrogen functional groups attached to an aromatic ring is 1. The normalized spacial score (nSPS) is 11.0. The molecule has 0 atom stereocenters. The van der Waals surface area contributed by atoms with Crippen molar-refractivity contribution >= 4 is 11.3 Å². The zero-order valence-electron chi connectivity index (χ0n) is 9.63. The van der Waals surface area contributed by atoms with Crippen molar-refractivity contribution in [3.8, 4) is 11.4 Å². The van der Waals surface area contributed by atoms with E-state index in [1.807, 2.05) is 13.0 Å². The number of rotatable bonds is 1. The molecule has 0 aliphatic carbocycles. The topological polar surface area (TPSA) is 69.1 Å². The molecule has 3 rings (SSSR count). The number of aromatic nitrogens is 4. The van der Waals surface area contributed by atoms with Gasteiger partial charge in [0.15, 0.2) is 11.5 Å². The van der Waals surface area contributed by atoms with E-state index >= 15 is 0 Å². The van der Waals surface area contributed by atoms with Gasteiger partial charge in [-0.25, -0.2) is 4.39 Å². The van der Waals surface area contributed by atoms with E-state index in [1.54, 1.807) is 18.2 Å². The maximum absolute atomic E-state index is 13.9. The summed E-state index contributed by atoms with van der Waals surface area (Å²) in [5, 5.41) is 12.2. The van der Waals surface area contributed by atoms with Gasteiger partial charge in [0.1, 0.15) is 5.82 Å². The molecule has 0 radical (unpaired) electrons. The fourth-order valence-corrected chi connectivity index (χ4v) is 1.76. The van der Waals surface area contributed by atoms with Crippen LogP contribution in [-0.2, 0) is 0 Å². The quantitative estimate of drug-likeness (QED) is 0.662. The number of hydrogen-bond donors (Lipinski definition) is 1. The number of anilines is 1. The smallest absolute Gasteiger partial charge is 0.188 e. The van der Waals surface area contributed by atoms with E-state index in [2.05, 4.69) is 15.3 Å². The van der Waals surface area contributed by atoms with Crippen LogP contribution in [0.25, 0.3) is 17.0 Å². The highest BCUT2D eigenvalue weighted by molar-refractivity contribution is 5.62. The second-order valence-corrected chi connectivity index (χ2v) is 4.01. The molecular formula is C12H10FN5. The van der Waals surface area contributed by atoms with Crippen molar-refractivity contribution in [2.24, 2.45) is 0 Å². The average Bonchev–Trinajstić information content (AvgIpc) is 2.72. The third-order valence-corrected chi connectivity index (χ3v) is 2.63. The summed E-state index contributed by atoms with van der Waals surface area (Å²) in [7, 11) is 0. The molecule has 6 heteroatoms. The van der Waals surface area contributed by atoms with Crippen LogP contribution in [0.2, 0.25) is 0 Å². The van der Waals surface area contributed by atoms with Gasteiger partial charge in [-0.05, 0) is 37.3 Å². The molecule has 2 N–H and O–H groups in total. The molecule has 3 aromatic rings. The lowest BCUT2D eigenvalue weighted by atomic mass is 10.2. The van der Waals surface area contributed by atoms with Gasteiger partial charge in [0.2, 0.25) is 0 Å². The SMILES string of the molecule is Cc1ccc2nnc(-c3ccc(N)cc3F)n2n1. The van der Waals surface area contributed by atoms with Crippen LogP contribution < -0.4 is 5.73 Å². The summed E-state index contributed by atoms with van der Waals surface area (Å²) in [5.41, 5.74) is 7.60. The van der Waals surface area contributed by atoms with Crippen molar-refractivity contribution in [2.45, 2.75) is 6.92 Å². The van der Waals surface area contributed by atoms with Gasteiger partial charge >= 0.3 is 0 Å². The van der Waals surface area contributed by atoms with E-state index < -0.39 is 5.82 Å². The van der Waals surface area contributed by atoms with Gasteiger partial charge in [0.05, 0.1) is 11.3 Å². The Morgan fingerprint density at radius 2 is 2.00 bits per heavy atom. The second-order valence-electron chi connectivity index (χ2n) is 4.01. The molecule has 0 fully saturated rings. The first-order chi connectivity index (χ1) is 8.65. The number of benzene rings is 1. The monoisotopic (exact) mass is 243 g/mol. The van der Waals surface area contributed by atoms with Crippen LogP contribution in [0.15, 0.2) is 30.3 Å². The lowest BCUT2D eigenvalue weighted by Gasteiger charge is -2.02. The van der Waals surface area contributed by atoms with Gasteiger partial charge < -0.3 is 5.73 Å². The zero-order valence-corrected chi connectivity index (χ0v) is 9.63. The lowest BCUT2D eigenvalue weighted by Crippen LogP contribution is -1.98. The number of hydrogen-bond acceptors (Lipinski definition) is 4. The number of nitrogens with zero attached hydrogens (tertiary/aromatic N) is 4. The lowest BCUT2D eigenvalue weighted by molar-refractivity contribution is 0.629. The fraction of sp³-hybridized carbons (Fsp3) is 0.0833. The van der Waals surface area contributed by atoms with Crippen molar-refractivity contribution in [1.29, 1.82) is 0 Å². The van der Waals surface area contributed by atoms with Gasteiger partial charge in [0, 0.05) is 5.69 Å². The highest BCUT2D eigenvalue weighted by Crippen LogP contribution is 2.22. The van der Waals surface area contributed by atoms with E-state index in [0.717, 1.165) is 5.69 Å². The van der Waals surface area contributed by atoms with Crippen LogP contribution in [0.1, 0.15) is 5.69 Å². The Morgan fingerprint density at radius 3 is 2.78 bits per heavy atom. The Morgan fingerprint density at radius 1 is 1.17 bits per heavy atom. The van der Waals surface area contributed by atoms with Crippen molar-refractivity contribution in [3.63, 3.8) is 0 Å². The molecule has 0 bridgehead atoms. The van der Waals surface area contributed by atoms with E-state index in [1.165, 1.54) is 10.6 Å². The predicted octanol–water partition coefficient (Wildman–Crippen LogP) is 1.82. The highest BCUT2D eigenvalue weighted by Gasteiger charge is 2.13. The van der Waals surface area contributed by atoms with Crippen molar-refractivity contribution in [3.05, 3.63) is 41.8 Å². The summed E-state index contributed by atoms with van der Waals surface area (Å²) in [6, 6.07) is 8.06. The standard InChI is InChI=1S/C12H10FN5/c1-7-2-5-11-15-16-12(18(11)17-7)9-4-3-8(14)6-10(9)13/h2-6H,14H2,1H3. The largest absolute Gasteiger partial charge is 0.399 e. The van der Waals surface area contributed by atoms with E-state index in [-0.39, 0.29) is 0 Å². The number of fused-ring (bicyclic) bond motifs is 1. The van der Waals surface area contributed by atoms with Crippen LogP contribution in [0.5, 0.6) is 0 Å². The molecular weight excluding hydrogens is 233 g/mol. The molecule has 0 aliphatic rings. The first-order valence-corrected chi connectivity index (χ1v) is 5.39. The molecule has 0 aliphatic heterocycles. The summed E-state index contributed by atoms with van der Waals surface area (Å²) < 4.78 is 15.4. The molecule has 5 nitrogen and oxygen atoms in total. The first-order valence-electron chi connectivity index (χ1n) is 5.39. The summed E-state index contributed by atoms with van der Waals surface area (Å²) in [5.74, 6) is -0.0705. The minimum Gasteiger partial charge on any atom is -0.399 e. The molecule has 90 valence electrons. The Hall–Kier alpha value is -2.50. The van der Waals surface area contributed by atoms with Crippen LogP contribution in [0, 0.1) is 12.7 Å². The highest BCUT2D eigenvalue weighted by atomic mass is 19.1. The van der Waals surface area contributed by atoms with Gasteiger partial charge in [-0.1, -0.05) is 0 Å². The number of halogens is 1. The van der Waals surface area contributed by atoms with Crippen LogP contribution in [0.3, 0.4) is 0 Å². The average molecular weight is 243 g/mol. The summed E-state index contributed by atoms with van der Waals surface area (Å²) in [4.78, 5) is 0. The Labute approximate surface area is 102 Å². The van der Waals surface area contributed by atoms with Crippen molar-refractivity contribution in [1.82, 2.24) is 19.8 Å². The molecule has 1 aromatic carbocycles. The Kier molecular flexibility index (Phi) is 2.22. The molecule has 0 amide bonds. The molecule has 0 unspecified atom stereocenters. The third-order valence-electron chi connectivity index (χ3n) is 2.63. The molecule has 18 heavy (non-hydrogen) atoms. The number of nitrogens with two attached hydrogens (primary N) is 1. The zero-order chi connectivity index (χ0) is 12.7. The summed E-state index contributed by atoms with van der Waals surface area (Å²) >= 11 is 0. The maximum atomic E-state index is 13.9. The predicted molar refractivity (Wildman–Crippen MR) is 65.3 cm³/mol. The first kappa shape index (κ1) is 10.6. The summed E-state index contributed by atoms with van der Waals surface area (Å²) in [6.07, 6.45) is 0. The third kappa shape index (κ3) is 1.58. The van der Waals surface area contributed by atoms with Crippen molar-refractivity contribution < 1.29 is 4.39 Å². The summed E-state index contributed by atoms with van der Waals surface area (Å²) in [6.45, 7) is 1.85. The maximum Gasteiger partial charge on any atom is 0.188 e. The molecule has 2 heterocycles. The minimum atomic E-state index is -0.437. The minimum absolute atomic E-state index is 0.329. The van der Waals surface area contributed by atoms with Crippen LogP contribution in [-0.4, -0.2) is 19.8 Å². The fourth-order valence-electron chi connectivity index (χ4n) is 1.76. The molecule has 0 saturated carbocycles. The van der Waals surface area contributed by atoms with Crippen molar-refractivity contribution in [2.75, 3.05) is 5.73 Å². The molecule has 2 aromatic heterocycles. The second kappa shape index (κ2) is 3.76. The van der Waals surface area contributed by atoms with Gasteiger partial charge in [-0.3, -0.25) is 0 Å². The van der Waals surface area contributed by atoms with Crippen LogP contribution in [0.4, 0.5) is 10.1 Å². The van der Waals surface area contributed by atoms with E-state index in [0.29, 0.717) is 22.7 Å². The molecule has 0 saturated heterocycles. The Balaban J connectivity index is 2.28. The Bertz CT molecular complexity index is 734. The van der Waals surface area contributed by atoms with E-state index in [4.69, 9.17) is 5.73 Å². The molecule has 0 spiro atoms. The van der Waals surface area contributed by atoms with Gasteiger partial charge in [-0.15, -0.1) is 10.2 Å². The number of aryl methyl sites for hydroxylation is 1. The van der Waals surface area contributed by atoms with E-state index in [9.17, 15) is 4.39 Å². The van der Waals surface area contributed by atoms with Crippen LogP contribution >= 0.6 is 0 Å². The van der Waals surface area contributed by atoms with Gasteiger partial charge in [-0.2, -0.15) is 9.61 Å².